The van der Waals surface area contributed by atoms with Crippen molar-refractivity contribution in [2.45, 2.75) is 32.1 Å². The number of aromatic nitrogens is 2. The van der Waals surface area contributed by atoms with E-state index in [2.05, 4.69) is 9.97 Å². The molecule has 3 heterocycles. The van der Waals surface area contributed by atoms with Gasteiger partial charge in [0.05, 0.1) is 35.5 Å². The van der Waals surface area contributed by atoms with E-state index in [1.807, 2.05) is 12.1 Å². The molecule has 178 valence electrons. The molecule has 3 aromatic rings. The van der Waals surface area contributed by atoms with Gasteiger partial charge < -0.3 is 10.5 Å². The number of hydrogen-bond acceptors (Lipinski definition) is 7. The first-order valence-corrected chi connectivity index (χ1v) is 12.0. The molecule has 5 rings (SSSR count). The minimum Gasteiger partial charge on any atom is -0.463 e. The summed E-state index contributed by atoms with van der Waals surface area (Å²) < 4.78 is 5.41. The summed E-state index contributed by atoms with van der Waals surface area (Å²) in [7, 11) is 0. The Morgan fingerprint density at radius 1 is 1.23 bits per heavy atom. The third-order valence-corrected chi connectivity index (χ3v) is 6.80. The lowest BCUT2D eigenvalue weighted by Gasteiger charge is -2.40. The van der Waals surface area contributed by atoms with Gasteiger partial charge in [0.1, 0.15) is 11.0 Å². The van der Waals surface area contributed by atoms with Crippen LogP contribution in [0.25, 0.3) is 10.9 Å². The zero-order valence-electron chi connectivity index (χ0n) is 18.9. The Morgan fingerprint density at radius 2 is 2.06 bits per heavy atom. The fraction of sp³-hybridized carbons (Fsp3) is 0.231. The Balaban J connectivity index is 1.81. The number of hydrogen-bond donors (Lipinski definition) is 1. The van der Waals surface area contributed by atoms with E-state index in [-0.39, 0.29) is 28.9 Å². The van der Waals surface area contributed by atoms with E-state index < -0.39 is 11.9 Å². The molecular formula is C26H22Cl2N4O3. The molecule has 0 bridgehead atoms. The molecule has 1 unspecified atom stereocenters. The average Bonchev–Trinajstić information content (AvgIpc) is 2.84. The summed E-state index contributed by atoms with van der Waals surface area (Å²) >= 11 is 12.9. The highest BCUT2D eigenvalue weighted by Crippen LogP contribution is 2.48. The number of fused-ring (bicyclic) bond motifs is 1. The molecule has 35 heavy (non-hydrogen) atoms. The average molecular weight is 509 g/mol. The van der Waals surface area contributed by atoms with Crippen molar-refractivity contribution in [1.29, 1.82) is 0 Å². The molecule has 2 aliphatic rings. The second-order valence-corrected chi connectivity index (χ2v) is 9.14. The highest BCUT2D eigenvalue weighted by Gasteiger charge is 2.44. The molecular weight excluding hydrogens is 487 g/mol. The summed E-state index contributed by atoms with van der Waals surface area (Å²) in [6.07, 6.45) is 4.93. The molecule has 0 radical (unpaired) electrons. The summed E-state index contributed by atoms with van der Waals surface area (Å²) in [5.41, 5.74) is 9.85. The predicted octanol–water partition coefficient (Wildman–Crippen LogP) is 5.28. The van der Waals surface area contributed by atoms with Gasteiger partial charge in [-0.15, -0.1) is 0 Å². The van der Waals surface area contributed by atoms with Crippen molar-refractivity contribution in [3.63, 3.8) is 0 Å². The van der Waals surface area contributed by atoms with Gasteiger partial charge in [-0.2, -0.15) is 0 Å². The number of allylic oxidation sites excluding steroid dienone is 2. The van der Waals surface area contributed by atoms with Crippen LogP contribution in [0.2, 0.25) is 10.2 Å². The first-order chi connectivity index (χ1) is 16.9. The van der Waals surface area contributed by atoms with Gasteiger partial charge >= 0.3 is 5.97 Å². The summed E-state index contributed by atoms with van der Waals surface area (Å²) in [4.78, 5) is 37.3. The van der Waals surface area contributed by atoms with E-state index in [1.54, 1.807) is 48.5 Å². The van der Waals surface area contributed by atoms with Crippen LogP contribution in [-0.2, 0) is 14.3 Å². The Labute approximate surface area is 212 Å². The number of rotatable bonds is 4. The van der Waals surface area contributed by atoms with Crippen LogP contribution >= 0.6 is 23.2 Å². The van der Waals surface area contributed by atoms with E-state index in [4.69, 9.17) is 33.7 Å². The van der Waals surface area contributed by atoms with Gasteiger partial charge in [0.15, 0.2) is 5.78 Å². The molecule has 1 aromatic carbocycles. The minimum absolute atomic E-state index is 0.0679. The van der Waals surface area contributed by atoms with Crippen molar-refractivity contribution >= 4 is 51.5 Å². The molecule has 0 saturated carbocycles. The van der Waals surface area contributed by atoms with Gasteiger partial charge in [0.25, 0.3) is 0 Å². The van der Waals surface area contributed by atoms with Crippen molar-refractivity contribution in [1.82, 2.24) is 9.97 Å². The van der Waals surface area contributed by atoms with Crippen molar-refractivity contribution in [2.24, 2.45) is 5.73 Å². The van der Waals surface area contributed by atoms with Gasteiger partial charge in [-0.25, -0.2) is 9.78 Å². The lowest BCUT2D eigenvalue weighted by Crippen LogP contribution is -2.41. The molecule has 0 amide bonds. The van der Waals surface area contributed by atoms with Crippen LogP contribution in [0.3, 0.4) is 0 Å². The highest BCUT2D eigenvalue weighted by molar-refractivity contribution is 6.32. The number of carbonyl (C=O) groups excluding carboxylic acids is 2. The Bertz CT molecular complexity index is 1420. The maximum Gasteiger partial charge on any atom is 0.338 e. The molecule has 2 aromatic heterocycles. The molecule has 0 fully saturated rings. The lowest BCUT2D eigenvalue weighted by molar-refractivity contribution is -0.138. The fourth-order valence-electron chi connectivity index (χ4n) is 4.83. The maximum absolute atomic E-state index is 13.5. The van der Waals surface area contributed by atoms with Crippen LogP contribution in [0, 0.1) is 0 Å². The topological polar surface area (TPSA) is 98.4 Å². The Morgan fingerprint density at radius 3 is 2.80 bits per heavy atom. The van der Waals surface area contributed by atoms with E-state index in [1.165, 1.54) is 0 Å². The SMILES string of the molecule is CCOC(=O)C1=C(N)N(c2cccnc2)C2=C(C(=O)CCC2)C1c1cc2cc(Cl)ccc2nc1Cl. The largest absolute Gasteiger partial charge is 0.463 e. The molecule has 0 saturated heterocycles. The van der Waals surface area contributed by atoms with Crippen LogP contribution in [-0.4, -0.2) is 28.3 Å². The summed E-state index contributed by atoms with van der Waals surface area (Å²) in [6.45, 7) is 1.86. The zero-order chi connectivity index (χ0) is 24.7. The number of Topliss-reactive ketones (excluding diaryl/α,β-unsaturated/α-hetero) is 1. The van der Waals surface area contributed by atoms with Crippen LogP contribution in [0.1, 0.15) is 37.7 Å². The fourth-order valence-corrected chi connectivity index (χ4v) is 5.27. The number of nitrogens with zero attached hydrogens (tertiary/aromatic N) is 3. The smallest absolute Gasteiger partial charge is 0.338 e. The van der Waals surface area contributed by atoms with Crippen molar-refractivity contribution in [3.05, 3.63) is 87.2 Å². The standard InChI is InChI=1S/C26H22Cl2N4O3/c1-2-35-26(34)23-21(17-12-14-11-15(27)8-9-18(14)31-24(17)28)22-19(6-3-7-20(22)33)32(25(23)29)16-5-4-10-30-13-16/h4-5,8-13,21H,2-3,6-7,29H2,1H3. The van der Waals surface area contributed by atoms with E-state index in [9.17, 15) is 9.59 Å². The van der Waals surface area contributed by atoms with E-state index >= 15 is 0 Å². The van der Waals surface area contributed by atoms with Crippen LogP contribution in [0.5, 0.6) is 0 Å². The summed E-state index contributed by atoms with van der Waals surface area (Å²) in [5.74, 6) is -1.33. The quantitative estimate of drug-likeness (QED) is 0.377. The Hall–Kier alpha value is -3.42. The predicted molar refractivity (Wildman–Crippen MR) is 135 cm³/mol. The number of carbonyl (C=O) groups is 2. The van der Waals surface area contributed by atoms with Gasteiger partial charge in [0, 0.05) is 39.9 Å². The first kappa shape index (κ1) is 23.3. The van der Waals surface area contributed by atoms with E-state index in [0.29, 0.717) is 46.6 Å². The van der Waals surface area contributed by atoms with Gasteiger partial charge in [-0.3, -0.25) is 14.7 Å². The second kappa shape index (κ2) is 9.32. The molecule has 9 heteroatoms. The van der Waals surface area contributed by atoms with Crippen molar-refractivity contribution in [3.8, 4) is 0 Å². The third kappa shape index (κ3) is 4.05. The van der Waals surface area contributed by atoms with Crippen LogP contribution < -0.4 is 10.6 Å². The summed E-state index contributed by atoms with van der Waals surface area (Å²) in [6, 6.07) is 10.7. The van der Waals surface area contributed by atoms with Gasteiger partial charge in [-0.05, 0) is 56.2 Å². The number of ketones is 1. The van der Waals surface area contributed by atoms with E-state index in [0.717, 1.165) is 11.1 Å². The number of ether oxygens (including phenoxy) is 1. The molecule has 7 nitrogen and oxygen atoms in total. The number of pyridine rings is 2. The molecule has 0 spiro atoms. The van der Waals surface area contributed by atoms with Crippen LogP contribution in [0.4, 0.5) is 5.69 Å². The molecule has 1 aliphatic carbocycles. The molecule has 1 aliphatic heterocycles. The van der Waals surface area contributed by atoms with Crippen molar-refractivity contribution in [2.75, 3.05) is 11.5 Å². The molecule has 1 atom stereocenters. The number of esters is 1. The molecule has 2 N–H and O–H groups in total. The first-order valence-electron chi connectivity index (χ1n) is 11.3. The second-order valence-electron chi connectivity index (χ2n) is 8.34. The van der Waals surface area contributed by atoms with Gasteiger partial charge in [0.2, 0.25) is 0 Å². The highest BCUT2D eigenvalue weighted by atomic mass is 35.5. The van der Waals surface area contributed by atoms with Crippen LogP contribution in [0.15, 0.2) is 71.5 Å². The monoisotopic (exact) mass is 508 g/mol. The lowest BCUT2D eigenvalue weighted by atomic mass is 9.75. The number of benzene rings is 1. The normalized spacial score (nSPS) is 18.2. The van der Waals surface area contributed by atoms with Crippen molar-refractivity contribution < 1.29 is 14.3 Å². The number of nitrogens with two attached hydrogens (primary N) is 1. The number of halogens is 2. The summed E-state index contributed by atoms with van der Waals surface area (Å²) in [5, 5.41) is 1.45. The van der Waals surface area contributed by atoms with Gasteiger partial charge in [-0.1, -0.05) is 23.2 Å². The Kier molecular flexibility index (Phi) is 6.21. The number of anilines is 1. The maximum atomic E-state index is 13.5. The minimum atomic E-state index is -0.826. The third-order valence-electron chi connectivity index (χ3n) is 6.26. The zero-order valence-corrected chi connectivity index (χ0v) is 20.4.